The SMILES string of the molecule is CCOC(=O)c1ccc(Cn2nnc(C(=O)OCC)c2N)cc1. The fourth-order valence-electron chi connectivity index (χ4n) is 1.92. The number of aromatic nitrogens is 3. The topological polar surface area (TPSA) is 109 Å². The molecule has 0 amide bonds. The van der Waals surface area contributed by atoms with Crippen LogP contribution in [0.4, 0.5) is 5.82 Å². The van der Waals surface area contributed by atoms with Crippen LogP contribution in [0, 0.1) is 0 Å². The summed E-state index contributed by atoms with van der Waals surface area (Å²) < 4.78 is 11.2. The molecule has 23 heavy (non-hydrogen) atoms. The second-order valence-corrected chi connectivity index (χ2v) is 4.62. The van der Waals surface area contributed by atoms with Crippen LogP contribution in [0.5, 0.6) is 0 Å². The zero-order chi connectivity index (χ0) is 16.8. The molecule has 0 bridgehead atoms. The Bertz CT molecular complexity index is 694. The van der Waals surface area contributed by atoms with Gasteiger partial charge in [0, 0.05) is 0 Å². The van der Waals surface area contributed by atoms with Crippen molar-refractivity contribution >= 4 is 17.8 Å². The van der Waals surface area contributed by atoms with E-state index < -0.39 is 5.97 Å². The Balaban J connectivity index is 2.11. The molecule has 0 aliphatic carbocycles. The molecular formula is C15H18N4O4. The first kappa shape index (κ1) is 16.5. The minimum absolute atomic E-state index is 0.00464. The number of carbonyl (C=O) groups is 2. The van der Waals surface area contributed by atoms with E-state index in [2.05, 4.69) is 10.3 Å². The minimum Gasteiger partial charge on any atom is -0.462 e. The summed E-state index contributed by atoms with van der Waals surface area (Å²) in [5.41, 5.74) is 7.18. The van der Waals surface area contributed by atoms with Gasteiger partial charge in [-0.1, -0.05) is 17.3 Å². The van der Waals surface area contributed by atoms with Gasteiger partial charge in [-0.25, -0.2) is 14.3 Å². The number of rotatable bonds is 6. The number of esters is 2. The Morgan fingerprint density at radius 1 is 1.09 bits per heavy atom. The number of hydrogen-bond acceptors (Lipinski definition) is 7. The van der Waals surface area contributed by atoms with Gasteiger partial charge in [-0.15, -0.1) is 5.10 Å². The number of anilines is 1. The standard InChI is InChI=1S/C15H18N4O4/c1-3-22-14(20)11-7-5-10(6-8-11)9-19-13(16)12(17-18-19)15(21)23-4-2/h5-8H,3-4,9,16H2,1-2H3. The average molecular weight is 318 g/mol. The number of nitrogens with zero attached hydrogens (tertiary/aromatic N) is 3. The van der Waals surface area contributed by atoms with E-state index >= 15 is 0 Å². The highest BCUT2D eigenvalue weighted by Crippen LogP contribution is 2.13. The number of carbonyl (C=O) groups excluding carboxylic acids is 2. The number of ether oxygens (including phenoxy) is 2. The van der Waals surface area contributed by atoms with Crippen LogP contribution in [-0.4, -0.2) is 40.1 Å². The summed E-state index contributed by atoms with van der Waals surface area (Å²) in [6, 6.07) is 6.84. The molecule has 0 spiro atoms. The molecule has 8 heteroatoms. The summed E-state index contributed by atoms with van der Waals surface area (Å²) in [5, 5.41) is 7.59. The van der Waals surface area contributed by atoms with Crippen molar-refractivity contribution in [3.05, 3.63) is 41.1 Å². The van der Waals surface area contributed by atoms with Gasteiger partial charge < -0.3 is 15.2 Å². The van der Waals surface area contributed by atoms with Crippen molar-refractivity contribution in [2.75, 3.05) is 18.9 Å². The average Bonchev–Trinajstić information content (AvgIpc) is 2.89. The zero-order valence-corrected chi connectivity index (χ0v) is 13.0. The molecule has 0 aliphatic rings. The van der Waals surface area contributed by atoms with Gasteiger partial charge in [0.05, 0.1) is 25.3 Å². The van der Waals surface area contributed by atoms with Gasteiger partial charge in [0.25, 0.3) is 0 Å². The Morgan fingerprint density at radius 3 is 2.30 bits per heavy atom. The van der Waals surface area contributed by atoms with E-state index in [1.807, 2.05) is 0 Å². The molecule has 0 aliphatic heterocycles. The number of hydrogen-bond donors (Lipinski definition) is 1. The van der Waals surface area contributed by atoms with Gasteiger partial charge in [-0.05, 0) is 31.5 Å². The van der Waals surface area contributed by atoms with E-state index in [1.165, 1.54) is 4.68 Å². The van der Waals surface area contributed by atoms with Crippen LogP contribution in [0.25, 0.3) is 0 Å². The maximum absolute atomic E-state index is 11.6. The van der Waals surface area contributed by atoms with Crippen molar-refractivity contribution in [1.29, 1.82) is 0 Å². The largest absolute Gasteiger partial charge is 0.462 e. The molecule has 0 fully saturated rings. The van der Waals surface area contributed by atoms with Crippen LogP contribution in [-0.2, 0) is 16.0 Å². The Labute approximate surface area is 133 Å². The van der Waals surface area contributed by atoms with Gasteiger partial charge >= 0.3 is 11.9 Å². The van der Waals surface area contributed by atoms with E-state index in [0.29, 0.717) is 18.7 Å². The van der Waals surface area contributed by atoms with E-state index in [1.54, 1.807) is 38.1 Å². The Morgan fingerprint density at radius 2 is 1.70 bits per heavy atom. The van der Waals surface area contributed by atoms with Crippen molar-refractivity contribution in [2.24, 2.45) is 0 Å². The fraction of sp³-hybridized carbons (Fsp3) is 0.333. The molecule has 1 aromatic heterocycles. The normalized spacial score (nSPS) is 10.3. The van der Waals surface area contributed by atoms with Crippen LogP contribution in [0.3, 0.4) is 0 Å². The van der Waals surface area contributed by atoms with Gasteiger partial charge in [0.1, 0.15) is 0 Å². The molecule has 2 N–H and O–H groups in total. The molecular weight excluding hydrogens is 300 g/mol. The molecule has 8 nitrogen and oxygen atoms in total. The summed E-state index contributed by atoms with van der Waals surface area (Å²) in [4.78, 5) is 23.2. The lowest BCUT2D eigenvalue weighted by Gasteiger charge is -2.05. The number of nitrogens with two attached hydrogens (primary N) is 1. The summed E-state index contributed by atoms with van der Waals surface area (Å²) in [7, 11) is 0. The summed E-state index contributed by atoms with van der Waals surface area (Å²) in [5.74, 6) is -0.837. The van der Waals surface area contributed by atoms with Crippen LogP contribution >= 0.6 is 0 Å². The van der Waals surface area contributed by atoms with Crippen molar-refractivity contribution in [2.45, 2.75) is 20.4 Å². The highest BCUT2D eigenvalue weighted by molar-refractivity contribution is 5.91. The summed E-state index contributed by atoms with van der Waals surface area (Å²) >= 11 is 0. The van der Waals surface area contributed by atoms with E-state index in [4.69, 9.17) is 15.2 Å². The lowest BCUT2D eigenvalue weighted by atomic mass is 10.1. The molecule has 0 saturated heterocycles. The molecule has 0 saturated carbocycles. The molecule has 2 aromatic rings. The highest BCUT2D eigenvalue weighted by atomic mass is 16.5. The maximum Gasteiger partial charge on any atom is 0.362 e. The molecule has 1 aromatic carbocycles. The van der Waals surface area contributed by atoms with Crippen LogP contribution in [0.2, 0.25) is 0 Å². The third kappa shape index (κ3) is 3.85. The molecule has 0 unspecified atom stereocenters. The second-order valence-electron chi connectivity index (χ2n) is 4.62. The minimum atomic E-state index is -0.603. The predicted molar refractivity (Wildman–Crippen MR) is 81.9 cm³/mol. The molecule has 122 valence electrons. The quantitative estimate of drug-likeness (QED) is 0.798. The molecule has 0 radical (unpaired) electrons. The molecule has 0 atom stereocenters. The predicted octanol–water partition coefficient (Wildman–Crippen LogP) is 1.26. The number of benzene rings is 1. The first-order valence-electron chi connectivity index (χ1n) is 7.19. The van der Waals surface area contributed by atoms with Gasteiger partial charge in [0.15, 0.2) is 5.82 Å². The first-order chi connectivity index (χ1) is 11.1. The smallest absolute Gasteiger partial charge is 0.362 e. The van der Waals surface area contributed by atoms with Crippen molar-refractivity contribution < 1.29 is 19.1 Å². The Hall–Kier alpha value is -2.90. The second kappa shape index (κ2) is 7.39. The van der Waals surface area contributed by atoms with Crippen LogP contribution in [0.1, 0.15) is 40.3 Å². The first-order valence-corrected chi connectivity index (χ1v) is 7.19. The third-order valence-electron chi connectivity index (χ3n) is 3.04. The fourth-order valence-corrected chi connectivity index (χ4v) is 1.92. The van der Waals surface area contributed by atoms with E-state index in [9.17, 15) is 9.59 Å². The molecule has 2 rings (SSSR count). The lowest BCUT2D eigenvalue weighted by molar-refractivity contribution is 0.0513. The summed E-state index contributed by atoms with van der Waals surface area (Å²) in [6.45, 7) is 4.33. The van der Waals surface area contributed by atoms with E-state index in [-0.39, 0.29) is 24.1 Å². The van der Waals surface area contributed by atoms with Gasteiger partial charge in [-0.2, -0.15) is 0 Å². The lowest BCUT2D eigenvalue weighted by Crippen LogP contribution is -2.11. The zero-order valence-electron chi connectivity index (χ0n) is 13.0. The molecule has 1 heterocycles. The Kier molecular flexibility index (Phi) is 5.29. The van der Waals surface area contributed by atoms with Gasteiger partial charge in [-0.3, -0.25) is 0 Å². The maximum atomic E-state index is 11.6. The monoisotopic (exact) mass is 318 g/mol. The van der Waals surface area contributed by atoms with Crippen molar-refractivity contribution in [3.63, 3.8) is 0 Å². The van der Waals surface area contributed by atoms with E-state index in [0.717, 1.165) is 5.56 Å². The third-order valence-corrected chi connectivity index (χ3v) is 3.04. The highest BCUT2D eigenvalue weighted by Gasteiger charge is 2.18. The van der Waals surface area contributed by atoms with Crippen LogP contribution < -0.4 is 5.73 Å². The summed E-state index contributed by atoms with van der Waals surface area (Å²) in [6.07, 6.45) is 0. The number of nitrogen functional groups attached to an aromatic ring is 1. The van der Waals surface area contributed by atoms with Crippen molar-refractivity contribution in [3.8, 4) is 0 Å². The van der Waals surface area contributed by atoms with Crippen molar-refractivity contribution in [1.82, 2.24) is 15.0 Å². The van der Waals surface area contributed by atoms with Crippen LogP contribution in [0.15, 0.2) is 24.3 Å². The van der Waals surface area contributed by atoms with Gasteiger partial charge in [0.2, 0.25) is 5.69 Å².